The number of nitrogens with zero attached hydrogens (tertiary/aromatic N) is 8. The Bertz CT molecular complexity index is 7160. The van der Waals surface area contributed by atoms with Crippen LogP contribution in [0.5, 0.6) is 0 Å². The van der Waals surface area contributed by atoms with E-state index in [1.54, 1.807) is 0 Å². The second-order valence-corrected chi connectivity index (χ2v) is 34.7. The fourth-order valence-electron chi connectivity index (χ4n) is 18.9. The van der Waals surface area contributed by atoms with Crippen molar-refractivity contribution in [2.75, 3.05) is 85.1 Å². The maximum atomic E-state index is 14.3. The molecule has 0 spiro atoms. The van der Waals surface area contributed by atoms with Crippen molar-refractivity contribution in [3.05, 3.63) is 186 Å². The molecule has 0 saturated carbocycles. The molecule has 25 amide bonds. The van der Waals surface area contributed by atoms with Crippen LogP contribution in [0.25, 0.3) is 43.1 Å². The minimum absolute atomic E-state index is 0.0180. The second-order valence-electron chi connectivity index (χ2n) is 34.7. The number of nitrogens with one attached hydrogen (secondary N) is 9. The van der Waals surface area contributed by atoms with Crippen LogP contribution in [-0.4, -0.2) is 352 Å². The van der Waals surface area contributed by atoms with E-state index in [0.717, 1.165) is 33.8 Å². The van der Waals surface area contributed by atoms with Gasteiger partial charge in [-0.2, -0.15) is 0 Å². The Morgan fingerprint density at radius 2 is 0.358 bits per heavy atom. The standard InChI is InChI=1S/C96H79N17O35/c1-39(114)102-56(34-64(119)120)77(129)97-22-30-110-89(141)50-12-4-42-70-43(5-13-51(74(50)70)90(110)142)84(136)107(83(42)135)27-19-61(116)104-58(36-66(123)124)79(131)99-24-32-112-93(145)54-16-8-46-72-47(9-17-55(76(54)72)94(112)146)88(140)109(87(46)139)29-21-63(118)105-59(37-67(125)126)80(132)100-25-33-113-95(147)52-14-6-44-71-45(7-15-53(75(52)71)96(113)148)86(138)108(85(44)137)28-20-62(117)103-57(35-65(121)122)78(130)98-23-31-111-91(143)48-10-2-40-69-41(3-11-49(73(48)69)92(111)144)82(134)106(81(40)133)26-18-60(115)101-38-68(127)128/h2-17,56-59H,18-38H2,1H3,(H,97,129)(H,98,130)(H,99,131)(H,100,132)(H,101,115)(H,102,114)(H,103,117)(H,104,116)(H,105,118)(H,119,120)(H,121,122)(H,123,124)(H,125,126)(H,127,128)/t56-,57-,58-,59-/m0/s1. The molecule has 0 saturated heterocycles. The molecule has 0 bridgehead atoms. The van der Waals surface area contributed by atoms with Crippen LogP contribution in [0.15, 0.2) is 97.1 Å². The van der Waals surface area contributed by atoms with Crippen molar-refractivity contribution in [3.8, 4) is 0 Å². The second kappa shape index (κ2) is 40.5. The zero-order valence-electron chi connectivity index (χ0n) is 77.0. The molecule has 8 aromatic rings. The number of amides is 25. The number of hydrogen-bond donors (Lipinski definition) is 14. The highest BCUT2D eigenvalue weighted by molar-refractivity contribution is 6.38. The summed E-state index contributed by atoms with van der Waals surface area (Å²) in [4.78, 5) is 407. The Morgan fingerprint density at radius 3 is 0.507 bits per heavy atom. The molecule has 52 nitrogen and oxygen atoms in total. The molecule has 0 radical (unpaired) electrons. The van der Waals surface area contributed by atoms with Gasteiger partial charge in [-0.3, -0.25) is 183 Å². The molecule has 8 aliphatic rings. The minimum Gasteiger partial charge on any atom is -0.481 e. The van der Waals surface area contributed by atoms with E-state index in [9.17, 15) is 164 Å². The summed E-state index contributed by atoms with van der Waals surface area (Å²) >= 11 is 0. The van der Waals surface area contributed by atoms with E-state index < -0.39 is 332 Å². The lowest BCUT2D eigenvalue weighted by molar-refractivity contribution is -0.141. The summed E-state index contributed by atoms with van der Waals surface area (Å²) in [6.07, 6.45) is -6.57. The quantitative estimate of drug-likeness (QED) is 0.0173. The zero-order chi connectivity index (χ0) is 107. The third-order valence-corrected chi connectivity index (χ3v) is 25.6. The number of carbonyl (C=O) groups is 30. The summed E-state index contributed by atoms with van der Waals surface area (Å²) < 4.78 is 0. The van der Waals surface area contributed by atoms with Crippen molar-refractivity contribution in [3.63, 3.8) is 0 Å². The SMILES string of the molecule is CC(=O)N[C@@H](CC(=O)O)C(=O)NCCN1C(=O)c2ccc3c4c(ccc(c24)C1=O)C(=O)N(CCC(=O)N[C@@H](CC(=O)O)C(=O)NCCN1C(=O)c2ccc4c5c(ccc(c25)C1=O)C(=O)N(CCC(=O)N[C@@H](CC(=O)O)C(=O)NCCN1C(=O)c2ccc5c6c(ccc(c26)C1=O)C(=O)N(CCC(=O)N[C@@H](CC(=O)O)C(=O)NCCN1C(=O)c2ccc6c7c(ccc(c27)C1=O)C(=O)N(CCC(=O)NCC(=O)O)C6=O)C5=O)C4=O)C3=O. The van der Waals surface area contributed by atoms with E-state index in [2.05, 4.69) is 47.9 Å². The van der Waals surface area contributed by atoms with Crippen LogP contribution in [0.2, 0.25) is 0 Å². The lowest BCUT2D eigenvalue weighted by Crippen LogP contribution is -2.51. The van der Waals surface area contributed by atoms with E-state index >= 15 is 0 Å². The van der Waals surface area contributed by atoms with Gasteiger partial charge in [0, 0.05) is 243 Å². The van der Waals surface area contributed by atoms with E-state index in [1.807, 2.05) is 0 Å². The summed E-state index contributed by atoms with van der Waals surface area (Å²) in [6, 6.07) is 12.1. The van der Waals surface area contributed by atoms with Crippen LogP contribution >= 0.6 is 0 Å². The third-order valence-electron chi connectivity index (χ3n) is 25.6. The van der Waals surface area contributed by atoms with Gasteiger partial charge in [-0.15, -0.1) is 0 Å². The van der Waals surface area contributed by atoms with Gasteiger partial charge in [0.1, 0.15) is 30.7 Å². The number of aliphatic carboxylic acids is 5. The van der Waals surface area contributed by atoms with Gasteiger partial charge < -0.3 is 73.4 Å². The highest BCUT2D eigenvalue weighted by Gasteiger charge is 2.48. The monoisotopic (exact) mass is 2030 g/mol. The molecule has 758 valence electrons. The lowest BCUT2D eigenvalue weighted by atomic mass is 9.86. The maximum Gasteiger partial charge on any atom is 0.322 e. The molecule has 0 aromatic heterocycles. The number of rotatable bonds is 42. The van der Waals surface area contributed by atoms with Gasteiger partial charge in [0.05, 0.1) is 25.7 Å². The number of carboxylic acid groups (broad SMARTS) is 5. The summed E-state index contributed by atoms with van der Waals surface area (Å²) in [6.45, 7) is -6.37. The molecule has 8 heterocycles. The number of benzene rings is 8. The predicted octanol–water partition coefficient (Wildman–Crippen LogP) is -2.75. The normalized spacial score (nSPS) is 15.5. The van der Waals surface area contributed by atoms with Crippen LogP contribution in [0.3, 0.4) is 0 Å². The molecule has 8 aliphatic heterocycles. The van der Waals surface area contributed by atoms with Crippen molar-refractivity contribution in [1.29, 1.82) is 0 Å². The molecule has 4 atom stereocenters. The first-order valence-corrected chi connectivity index (χ1v) is 45.3. The number of imide groups is 8. The first kappa shape index (κ1) is 101. The summed E-state index contributed by atoms with van der Waals surface area (Å²) in [7, 11) is 0. The molecule has 0 fully saturated rings. The fraction of sp³-hybridized carbons (Fsp3) is 0.271. The molecule has 148 heavy (non-hydrogen) atoms. The Labute approximate surface area is 827 Å². The largest absolute Gasteiger partial charge is 0.481 e. The molecular formula is C96H79N17O35. The summed E-state index contributed by atoms with van der Waals surface area (Å²) in [5.74, 6) is -31.8. The summed E-state index contributed by atoms with van der Waals surface area (Å²) in [5, 5.41) is 67.3. The first-order chi connectivity index (χ1) is 70.4. The van der Waals surface area contributed by atoms with E-state index in [0.29, 0.717) is 24.5 Å². The third kappa shape index (κ3) is 18.8. The molecule has 14 N–H and O–H groups in total. The van der Waals surface area contributed by atoms with Crippen LogP contribution in [0.4, 0.5) is 0 Å². The molecule has 52 heteroatoms. The Kier molecular flexibility index (Phi) is 27.7. The minimum atomic E-state index is -1.88. The van der Waals surface area contributed by atoms with Gasteiger partial charge >= 0.3 is 29.8 Å². The van der Waals surface area contributed by atoms with Gasteiger partial charge in [0.2, 0.25) is 53.2 Å². The summed E-state index contributed by atoms with van der Waals surface area (Å²) in [5.41, 5.74) is -2.65. The van der Waals surface area contributed by atoms with Crippen LogP contribution in [0.1, 0.15) is 224 Å². The van der Waals surface area contributed by atoms with Gasteiger partial charge in [0.25, 0.3) is 94.5 Å². The van der Waals surface area contributed by atoms with Gasteiger partial charge in [0.15, 0.2) is 0 Å². The topological polar surface area (TPSA) is 747 Å². The van der Waals surface area contributed by atoms with Crippen LogP contribution < -0.4 is 47.9 Å². The zero-order valence-corrected chi connectivity index (χ0v) is 77.0. The number of hydrogen-bond acceptors (Lipinski definition) is 30. The van der Waals surface area contributed by atoms with E-state index in [4.69, 9.17) is 5.11 Å². The molecule has 16 rings (SSSR count). The van der Waals surface area contributed by atoms with Gasteiger partial charge in [-0.05, 0) is 97.1 Å². The van der Waals surface area contributed by atoms with E-state index in [-0.39, 0.29) is 139 Å². The molecule has 0 unspecified atom stereocenters. The Hall–Kier alpha value is -19.5. The number of carboxylic acids is 5. The van der Waals surface area contributed by atoms with Crippen molar-refractivity contribution in [1.82, 2.24) is 87.1 Å². The first-order valence-electron chi connectivity index (χ1n) is 45.3. The average molecular weight is 2030 g/mol. The fourth-order valence-corrected chi connectivity index (χ4v) is 18.9. The van der Waals surface area contributed by atoms with Gasteiger partial charge in [-0.25, -0.2) is 0 Å². The average Bonchev–Trinajstić information content (AvgIpc) is 0.724. The van der Waals surface area contributed by atoms with Crippen molar-refractivity contribution in [2.24, 2.45) is 0 Å². The lowest BCUT2D eigenvalue weighted by Gasteiger charge is -2.32. The highest BCUT2D eigenvalue weighted by Crippen LogP contribution is 2.44. The van der Waals surface area contributed by atoms with E-state index in [1.165, 1.54) is 84.9 Å². The van der Waals surface area contributed by atoms with Crippen LogP contribution in [0, 0.1) is 0 Å². The van der Waals surface area contributed by atoms with Gasteiger partial charge in [-0.1, -0.05) is 0 Å². The smallest absolute Gasteiger partial charge is 0.322 e. The van der Waals surface area contributed by atoms with Crippen molar-refractivity contribution in [2.45, 2.75) is 82.5 Å². The molecule has 0 aliphatic carbocycles. The molecular weight excluding hydrogens is 1950 g/mol. The van der Waals surface area contributed by atoms with Crippen LogP contribution in [-0.2, 0) is 67.1 Å². The highest BCUT2D eigenvalue weighted by atomic mass is 16.4. The number of carbonyl (C=O) groups excluding carboxylic acids is 25. The predicted molar refractivity (Wildman–Crippen MR) is 492 cm³/mol. The maximum absolute atomic E-state index is 14.3. The Morgan fingerprint density at radius 1 is 0.209 bits per heavy atom. The Balaban J connectivity index is 0.481. The van der Waals surface area contributed by atoms with Crippen molar-refractivity contribution >= 4 is 221 Å². The van der Waals surface area contributed by atoms with Crippen molar-refractivity contribution < 1.29 is 169 Å². The molecule has 8 aromatic carbocycles.